The summed E-state index contributed by atoms with van der Waals surface area (Å²) in [5, 5.41) is 9.47. The molecule has 0 spiro atoms. The van der Waals surface area contributed by atoms with Gasteiger partial charge in [-0.3, -0.25) is 4.79 Å². The van der Waals surface area contributed by atoms with Crippen LogP contribution < -0.4 is 0 Å². The Morgan fingerprint density at radius 2 is 2.07 bits per heavy atom. The first kappa shape index (κ1) is 11.5. The van der Waals surface area contributed by atoms with Gasteiger partial charge in [-0.15, -0.1) is 0 Å². The number of aliphatic hydroxyl groups is 1. The Morgan fingerprint density at radius 1 is 1.43 bits per heavy atom. The van der Waals surface area contributed by atoms with E-state index >= 15 is 0 Å². The zero-order valence-electron chi connectivity index (χ0n) is 9.19. The lowest BCUT2D eigenvalue weighted by Crippen LogP contribution is -2.34. The van der Waals surface area contributed by atoms with Crippen LogP contribution in [0.15, 0.2) is 0 Å². The molecule has 1 rings (SSSR count). The second kappa shape index (κ2) is 4.78. The maximum Gasteiger partial charge on any atom is 0.309 e. The summed E-state index contributed by atoms with van der Waals surface area (Å²) in [5.41, 5.74) is 0. The minimum Gasteiger partial charge on any atom is -0.463 e. The van der Waals surface area contributed by atoms with E-state index in [2.05, 4.69) is 6.92 Å². The van der Waals surface area contributed by atoms with E-state index in [1.54, 1.807) is 0 Å². The molecule has 3 nitrogen and oxygen atoms in total. The van der Waals surface area contributed by atoms with Crippen molar-refractivity contribution in [3.05, 3.63) is 0 Å². The minimum absolute atomic E-state index is 0.0613. The Bertz CT molecular complexity index is 201. The van der Waals surface area contributed by atoms with Crippen LogP contribution in [0.3, 0.4) is 0 Å². The quantitative estimate of drug-likeness (QED) is 0.690. The largest absolute Gasteiger partial charge is 0.463 e. The Hall–Kier alpha value is -0.570. The molecule has 0 aromatic heterocycles. The third-order valence-electron chi connectivity index (χ3n) is 2.82. The zero-order chi connectivity index (χ0) is 10.7. The molecule has 0 amide bonds. The van der Waals surface area contributed by atoms with Gasteiger partial charge in [-0.25, -0.2) is 0 Å². The standard InChI is InChI=1S/C11H20O3/c1-7(2)14-11(13)10-6-9(12)5-4-8(10)3/h7-10,12H,4-6H2,1-3H3. The van der Waals surface area contributed by atoms with Gasteiger partial charge in [0.05, 0.1) is 18.1 Å². The Balaban J connectivity index is 2.51. The van der Waals surface area contributed by atoms with Crippen LogP contribution in [0.2, 0.25) is 0 Å². The van der Waals surface area contributed by atoms with Crippen LogP contribution in [0, 0.1) is 11.8 Å². The zero-order valence-corrected chi connectivity index (χ0v) is 9.19. The molecule has 3 unspecified atom stereocenters. The van der Waals surface area contributed by atoms with E-state index in [-0.39, 0.29) is 24.1 Å². The fourth-order valence-corrected chi connectivity index (χ4v) is 1.95. The highest BCUT2D eigenvalue weighted by Crippen LogP contribution is 2.30. The van der Waals surface area contributed by atoms with Crippen molar-refractivity contribution in [1.82, 2.24) is 0 Å². The SMILES string of the molecule is CC(C)OC(=O)C1CC(O)CCC1C. The van der Waals surface area contributed by atoms with Crippen LogP contribution in [-0.4, -0.2) is 23.3 Å². The van der Waals surface area contributed by atoms with Gasteiger partial charge in [0.2, 0.25) is 0 Å². The fraction of sp³-hybridized carbons (Fsp3) is 0.909. The summed E-state index contributed by atoms with van der Waals surface area (Å²) in [5.74, 6) is 0.0806. The van der Waals surface area contributed by atoms with Gasteiger partial charge in [0.1, 0.15) is 0 Å². The lowest BCUT2D eigenvalue weighted by molar-refractivity contribution is -0.157. The van der Waals surface area contributed by atoms with E-state index in [0.717, 1.165) is 12.8 Å². The summed E-state index contributed by atoms with van der Waals surface area (Å²) in [6.45, 7) is 5.75. The van der Waals surface area contributed by atoms with Gasteiger partial charge in [-0.1, -0.05) is 6.92 Å². The normalized spacial score (nSPS) is 33.1. The molecule has 0 heterocycles. The molecule has 14 heavy (non-hydrogen) atoms. The highest BCUT2D eigenvalue weighted by atomic mass is 16.5. The van der Waals surface area contributed by atoms with Crippen molar-refractivity contribution < 1.29 is 14.6 Å². The number of hydrogen-bond donors (Lipinski definition) is 1. The van der Waals surface area contributed by atoms with Crippen molar-refractivity contribution in [3.63, 3.8) is 0 Å². The van der Waals surface area contributed by atoms with Crippen LogP contribution in [0.1, 0.15) is 40.0 Å². The maximum absolute atomic E-state index is 11.6. The summed E-state index contributed by atoms with van der Waals surface area (Å²) in [4.78, 5) is 11.6. The molecule has 0 bridgehead atoms. The second-order valence-electron chi connectivity index (χ2n) is 4.54. The summed E-state index contributed by atoms with van der Waals surface area (Å²) in [6, 6.07) is 0. The molecular formula is C11H20O3. The Kier molecular flexibility index (Phi) is 3.93. The van der Waals surface area contributed by atoms with Gasteiger partial charge >= 0.3 is 5.97 Å². The number of ether oxygens (including phenoxy) is 1. The fourth-order valence-electron chi connectivity index (χ4n) is 1.95. The van der Waals surface area contributed by atoms with E-state index in [1.807, 2.05) is 13.8 Å². The summed E-state index contributed by atoms with van der Waals surface area (Å²) < 4.78 is 5.16. The predicted octanol–water partition coefficient (Wildman–Crippen LogP) is 1.74. The minimum atomic E-state index is -0.323. The molecule has 1 aliphatic rings. The van der Waals surface area contributed by atoms with Crippen molar-refractivity contribution in [3.8, 4) is 0 Å². The van der Waals surface area contributed by atoms with Crippen molar-refractivity contribution in [2.45, 2.75) is 52.2 Å². The van der Waals surface area contributed by atoms with E-state index in [9.17, 15) is 9.90 Å². The molecule has 82 valence electrons. The molecule has 3 atom stereocenters. The molecule has 0 saturated heterocycles. The lowest BCUT2D eigenvalue weighted by Gasteiger charge is -2.30. The molecule has 1 saturated carbocycles. The summed E-state index contributed by atoms with van der Waals surface area (Å²) in [6.07, 6.45) is 1.91. The molecule has 0 aromatic carbocycles. The number of carbonyl (C=O) groups is 1. The van der Waals surface area contributed by atoms with Crippen LogP contribution >= 0.6 is 0 Å². The number of hydrogen-bond acceptors (Lipinski definition) is 3. The van der Waals surface area contributed by atoms with Gasteiger partial charge in [0, 0.05) is 0 Å². The van der Waals surface area contributed by atoms with Crippen molar-refractivity contribution in [1.29, 1.82) is 0 Å². The highest BCUT2D eigenvalue weighted by Gasteiger charge is 2.33. The molecule has 1 fully saturated rings. The third kappa shape index (κ3) is 2.98. The number of aliphatic hydroxyl groups excluding tert-OH is 1. The average molecular weight is 200 g/mol. The van der Waals surface area contributed by atoms with Gasteiger partial charge < -0.3 is 9.84 Å². The van der Waals surface area contributed by atoms with Gasteiger partial charge in [-0.05, 0) is 39.0 Å². The van der Waals surface area contributed by atoms with Gasteiger partial charge in [0.25, 0.3) is 0 Å². The Labute approximate surface area is 85.5 Å². The van der Waals surface area contributed by atoms with Crippen molar-refractivity contribution in [2.75, 3.05) is 0 Å². The Morgan fingerprint density at radius 3 is 2.64 bits per heavy atom. The molecule has 0 radical (unpaired) electrons. The van der Waals surface area contributed by atoms with Crippen LogP contribution in [0.4, 0.5) is 0 Å². The molecule has 0 aliphatic heterocycles. The van der Waals surface area contributed by atoms with Crippen molar-refractivity contribution >= 4 is 5.97 Å². The summed E-state index contributed by atoms with van der Waals surface area (Å²) in [7, 11) is 0. The topological polar surface area (TPSA) is 46.5 Å². The number of carbonyl (C=O) groups excluding carboxylic acids is 1. The predicted molar refractivity (Wildman–Crippen MR) is 53.7 cm³/mol. The van der Waals surface area contributed by atoms with E-state index < -0.39 is 0 Å². The average Bonchev–Trinajstić information content (AvgIpc) is 2.08. The number of rotatable bonds is 2. The first-order valence-electron chi connectivity index (χ1n) is 5.39. The first-order chi connectivity index (χ1) is 6.50. The first-order valence-corrected chi connectivity index (χ1v) is 5.39. The lowest BCUT2D eigenvalue weighted by atomic mass is 9.79. The van der Waals surface area contributed by atoms with Gasteiger partial charge in [0.15, 0.2) is 0 Å². The van der Waals surface area contributed by atoms with Crippen LogP contribution in [0.5, 0.6) is 0 Å². The maximum atomic E-state index is 11.6. The second-order valence-corrected chi connectivity index (χ2v) is 4.54. The molecule has 0 aromatic rings. The number of esters is 1. The van der Waals surface area contributed by atoms with Gasteiger partial charge in [-0.2, -0.15) is 0 Å². The van der Waals surface area contributed by atoms with Crippen LogP contribution in [0.25, 0.3) is 0 Å². The molecule has 1 aliphatic carbocycles. The highest BCUT2D eigenvalue weighted by molar-refractivity contribution is 5.73. The third-order valence-corrected chi connectivity index (χ3v) is 2.82. The van der Waals surface area contributed by atoms with Crippen LogP contribution in [-0.2, 0) is 9.53 Å². The monoisotopic (exact) mass is 200 g/mol. The molecule has 3 heteroatoms. The molecule has 1 N–H and O–H groups in total. The van der Waals surface area contributed by atoms with E-state index in [1.165, 1.54) is 0 Å². The summed E-state index contributed by atoms with van der Waals surface area (Å²) >= 11 is 0. The van der Waals surface area contributed by atoms with E-state index in [0.29, 0.717) is 12.3 Å². The van der Waals surface area contributed by atoms with Crippen molar-refractivity contribution in [2.24, 2.45) is 11.8 Å². The smallest absolute Gasteiger partial charge is 0.309 e. The molecular weight excluding hydrogens is 180 g/mol. The van der Waals surface area contributed by atoms with E-state index in [4.69, 9.17) is 4.74 Å².